The fraction of sp³-hybridized carbons (Fsp3) is 0.429. The van der Waals surface area contributed by atoms with E-state index in [0.29, 0.717) is 18.8 Å². The summed E-state index contributed by atoms with van der Waals surface area (Å²) in [5.41, 5.74) is 1.97. The number of methoxy groups -OCH3 is 2. The van der Waals surface area contributed by atoms with E-state index in [1.165, 1.54) is 6.26 Å². The van der Waals surface area contributed by atoms with Crippen LogP contribution in [0.3, 0.4) is 0 Å². The van der Waals surface area contributed by atoms with Gasteiger partial charge < -0.3 is 29.8 Å². The Labute approximate surface area is 194 Å². The van der Waals surface area contributed by atoms with Crippen LogP contribution in [0.5, 0.6) is 11.5 Å². The van der Waals surface area contributed by atoms with Gasteiger partial charge in [0, 0.05) is 32.2 Å². The van der Waals surface area contributed by atoms with E-state index in [1.54, 1.807) is 27.3 Å². The number of nitrogens with zero attached hydrogens (tertiary/aromatic N) is 1. The van der Waals surface area contributed by atoms with Gasteiger partial charge in [0.1, 0.15) is 0 Å². The largest absolute Gasteiger partial charge is 0.493 e. The molecule has 0 atom stereocenters. The lowest BCUT2D eigenvalue weighted by Crippen LogP contribution is -2.39. The van der Waals surface area contributed by atoms with Crippen LogP contribution >= 0.6 is 24.0 Å². The quantitative estimate of drug-likeness (QED) is 0.189. The summed E-state index contributed by atoms with van der Waals surface area (Å²) in [7, 11) is 4.98. The van der Waals surface area contributed by atoms with Crippen molar-refractivity contribution in [1.29, 1.82) is 0 Å². The molecular weight excluding hydrogens is 499 g/mol. The maximum Gasteiger partial charge on any atom is 0.287 e. The number of furan rings is 1. The van der Waals surface area contributed by atoms with Crippen LogP contribution in [0.4, 0.5) is 0 Å². The molecule has 2 aromatic rings. The monoisotopic (exact) mass is 530 g/mol. The lowest BCUT2D eigenvalue weighted by atomic mass is 10.1. The first-order valence-corrected chi connectivity index (χ1v) is 9.56. The van der Waals surface area contributed by atoms with E-state index in [9.17, 15) is 4.79 Å². The van der Waals surface area contributed by atoms with Crippen LogP contribution in [0, 0.1) is 6.92 Å². The molecule has 9 heteroatoms. The SMILES string of the molecule is CN=C(NCCCNC(=O)c1occc1C)NCCc1ccc(OC)c(OC)c1.I. The highest BCUT2D eigenvalue weighted by molar-refractivity contribution is 14.0. The Hall–Kier alpha value is -2.43. The minimum absolute atomic E-state index is 0. The third kappa shape index (κ3) is 7.77. The number of guanidine groups is 1. The summed E-state index contributed by atoms with van der Waals surface area (Å²) in [6.07, 6.45) is 3.10. The highest BCUT2D eigenvalue weighted by Crippen LogP contribution is 2.27. The van der Waals surface area contributed by atoms with Gasteiger partial charge in [0.25, 0.3) is 5.91 Å². The van der Waals surface area contributed by atoms with Crippen molar-refractivity contribution in [3.05, 3.63) is 47.4 Å². The molecule has 3 N–H and O–H groups in total. The van der Waals surface area contributed by atoms with E-state index in [2.05, 4.69) is 20.9 Å². The average Bonchev–Trinajstić information content (AvgIpc) is 3.17. The maximum atomic E-state index is 12.0. The molecule has 0 aliphatic heterocycles. The zero-order valence-electron chi connectivity index (χ0n) is 17.9. The molecule has 1 aromatic heterocycles. The topological polar surface area (TPSA) is 97.1 Å². The Morgan fingerprint density at radius 3 is 2.37 bits per heavy atom. The molecule has 0 radical (unpaired) electrons. The molecule has 0 saturated heterocycles. The van der Waals surface area contributed by atoms with Crippen LogP contribution in [0.2, 0.25) is 0 Å². The molecule has 2 rings (SSSR count). The van der Waals surface area contributed by atoms with Gasteiger partial charge >= 0.3 is 0 Å². The number of ether oxygens (including phenoxy) is 2. The number of aryl methyl sites for hydroxylation is 1. The molecule has 166 valence electrons. The van der Waals surface area contributed by atoms with Crippen LogP contribution in [0.15, 0.2) is 39.9 Å². The molecular formula is C21H31IN4O4. The van der Waals surface area contributed by atoms with Gasteiger partial charge in [-0.3, -0.25) is 9.79 Å². The Morgan fingerprint density at radius 1 is 1.03 bits per heavy atom. The van der Waals surface area contributed by atoms with E-state index in [4.69, 9.17) is 13.9 Å². The number of rotatable bonds is 10. The number of aliphatic imine (C=N–C) groups is 1. The summed E-state index contributed by atoms with van der Waals surface area (Å²) in [4.78, 5) is 16.2. The number of carbonyl (C=O) groups is 1. The average molecular weight is 530 g/mol. The molecule has 0 unspecified atom stereocenters. The van der Waals surface area contributed by atoms with Gasteiger partial charge in [-0.2, -0.15) is 0 Å². The number of amides is 1. The van der Waals surface area contributed by atoms with Crippen molar-refractivity contribution in [2.24, 2.45) is 4.99 Å². The first-order valence-electron chi connectivity index (χ1n) is 9.56. The second-order valence-electron chi connectivity index (χ2n) is 6.41. The van der Waals surface area contributed by atoms with Crippen LogP contribution in [-0.4, -0.2) is 52.8 Å². The van der Waals surface area contributed by atoms with Crippen molar-refractivity contribution in [3.8, 4) is 11.5 Å². The Kier molecular flexibility index (Phi) is 11.7. The van der Waals surface area contributed by atoms with Crippen LogP contribution in [0.1, 0.15) is 28.1 Å². The van der Waals surface area contributed by atoms with Gasteiger partial charge in [0.15, 0.2) is 23.2 Å². The third-order valence-corrected chi connectivity index (χ3v) is 4.38. The molecule has 1 amide bonds. The summed E-state index contributed by atoms with van der Waals surface area (Å²) in [5.74, 6) is 2.34. The van der Waals surface area contributed by atoms with Crippen LogP contribution in [0.25, 0.3) is 0 Å². The van der Waals surface area contributed by atoms with E-state index in [1.807, 2.05) is 25.1 Å². The molecule has 0 bridgehead atoms. The van der Waals surface area contributed by atoms with E-state index in [-0.39, 0.29) is 29.9 Å². The second-order valence-corrected chi connectivity index (χ2v) is 6.41. The number of carbonyl (C=O) groups excluding carboxylic acids is 1. The predicted octanol–water partition coefficient (Wildman–Crippen LogP) is 2.75. The smallest absolute Gasteiger partial charge is 0.287 e. The summed E-state index contributed by atoms with van der Waals surface area (Å²) in [5, 5.41) is 9.36. The van der Waals surface area contributed by atoms with Gasteiger partial charge in [-0.15, -0.1) is 24.0 Å². The zero-order chi connectivity index (χ0) is 21.1. The van der Waals surface area contributed by atoms with E-state index < -0.39 is 0 Å². The predicted molar refractivity (Wildman–Crippen MR) is 128 cm³/mol. The minimum Gasteiger partial charge on any atom is -0.493 e. The van der Waals surface area contributed by atoms with Crippen molar-refractivity contribution >= 4 is 35.8 Å². The molecule has 1 heterocycles. The molecule has 0 saturated carbocycles. The standard InChI is InChI=1S/C21H30N4O4.HI/c1-15-9-13-29-19(15)20(26)23-10-5-11-24-21(22-2)25-12-8-16-6-7-17(27-3)18(14-16)28-4;/h6-7,9,13-14H,5,8,10-12H2,1-4H3,(H,23,26)(H2,22,24,25);1H. The second kappa shape index (κ2) is 13.7. The van der Waals surface area contributed by atoms with Crippen molar-refractivity contribution < 1.29 is 18.7 Å². The molecule has 8 nitrogen and oxygen atoms in total. The van der Waals surface area contributed by atoms with Crippen molar-refractivity contribution in [2.45, 2.75) is 19.8 Å². The van der Waals surface area contributed by atoms with Crippen LogP contribution < -0.4 is 25.4 Å². The fourth-order valence-corrected chi connectivity index (χ4v) is 2.76. The Balaban J connectivity index is 0.00000450. The highest BCUT2D eigenvalue weighted by atomic mass is 127. The summed E-state index contributed by atoms with van der Waals surface area (Å²) in [6.45, 7) is 3.81. The van der Waals surface area contributed by atoms with Gasteiger partial charge in [-0.1, -0.05) is 6.07 Å². The van der Waals surface area contributed by atoms with Crippen LogP contribution in [-0.2, 0) is 6.42 Å². The highest BCUT2D eigenvalue weighted by Gasteiger charge is 2.11. The number of benzene rings is 1. The van der Waals surface area contributed by atoms with E-state index in [0.717, 1.165) is 48.0 Å². The molecule has 1 aromatic carbocycles. The first kappa shape index (κ1) is 25.6. The lowest BCUT2D eigenvalue weighted by molar-refractivity contribution is 0.0925. The number of halogens is 1. The number of hydrogen-bond donors (Lipinski definition) is 3. The van der Waals surface area contributed by atoms with Crippen molar-refractivity contribution in [3.63, 3.8) is 0 Å². The summed E-state index contributed by atoms with van der Waals surface area (Å²) >= 11 is 0. The molecule has 0 aliphatic carbocycles. The molecule has 0 aliphatic rings. The normalized spacial score (nSPS) is 10.7. The maximum absolute atomic E-state index is 12.0. The zero-order valence-corrected chi connectivity index (χ0v) is 20.2. The van der Waals surface area contributed by atoms with Gasteiger partial charge in [0.05, 0.1) is 20.5 Å². The first-order chi connectivity index (χ1) is 14.1. The molecule has 30 heavy (non-hydrogen) atoms. The van der Waals surface area contributed by atoms with Gasteiger partial charge in [-0.05, 0) is 43.5 Å². The number of nitrogens with one attached hydrogen (secondary N) is 3. The minimum atomic E-state index is -0.190. The van der Waals surface area contributed by atoms with Crippen molar-refractivity contribution in [2.75, 3.05) is 40.9 Å². The van der Waals surface area contributed by atoms with Gasteiger partial charge in [0.2, 0.25) is 0 Å². The molecule has 0 spiro atoms. The van der Waals surface area contributed by atoms with Gasteiger partial charge in [-0.25, -0.2) is 0 Å². The summed E-state index contributed by atoms with van der Waals surface area (Å²) in [6, 6.07) is 7.66. The van der Waals surface area contributed by atoms with Crippen molar-refractivity contribution in [1.82, 2.24) is 16.0 Å². The third-order valence-electron chi connectivity index (χ3n) is 4.38. The summed E-state index contributed by atoms with van der Waals surface area (Å²) < 4.78 is 15.8. The lowest BCUT2D eigenvalue weighted by Gasteiger charge is -2.13. The Bertz CT molecular complexity index is 823. The number of hydrogen-bond acceptors (Lipinski definition) is 5. The van der Waals surface area contributed by atoms with E-state index >= 15 is 0 Å². The molecule has 0 fully saturated rings. The fourth-order valence-electron chi connectivity index (χ4n) is 2.76. The Morgan fingerprint density at radius 2 is 1.73 bits per heavy atom.